The monoisotopic (exact) mass is 163 g/mol. The molecule has 0 aliphatic carbocycles. The minimum atomic E-state index is 0.947. The van der Waals surface area contributed by atoms with Crippen molar-refractivity contribution in [3.63, 3.8) is 0 Å². The molecule has 0 N–H and O–H groups in total. The van der Waals surface area contributed by atoms with Gasteiger partial charge in [-0.25, -0.2) is 0 Å². The summed E-state index contributed by atoms with van der Waals surface area (Å²) in [6, 6.07) is 0. The molecule has 64 valence electrons. The molecule has 0 saturated carbocycles. The average Bonchev–Trinajstić information content (AvgIpc) is 2.05. The first kappa shape index (κ1) is 7.68. The van der Waals surface area contributed by atoms with Crippen LogP contribution in [-0.4, -0.2) is 28.5 Å². The van der Waals surface area contributed by atoms with Crippen LogP contribution in [0.5, 0.6) is 0 Å². The van der Waals surface area contributed by atoms with Crippen molar-refractivity contribution >= 4 is 0 Å². The van der Waals surface area contributed by atoms with Crippen LogP contribution >= 0.6 is 0 Å². The third kappa shape index (κ3) is 1.32. The second-order valence-corrected chi connectivity index (χ2v) is 3.39. The molecule has 0 amide bonds. The predicted molar refractivity (Wildman–Crippen MR) is 46.8 cm³/mol. The molecule has 0 bridgehead atoms. The summed E-state index contributed by atoms with van der Waals surface area (Å²) in [7, 11) is 2.12. The number of rotatable bonds is 0. The average molecular weight is 163 g/mol. The first-order valence-electron chi connectivity index (χ1n) is 4.25. The van der Waals surface area contributed by atoms with Crippen LogP contribution < -0.4 is 0 Å². The fourth-order valence-corrected chi connectivity index (χ4v) is 1.52. The Morgan fingerprint density at radius 3 is 3.08 bits per heavy atom. The topological polar surface area (TPSA) is 29.0 Å². The van der Waals surface area contributed by atoms with Crippen molar-refractivity contribution < 1.29 is 0 Å². The molecule has 1 aromatic heterocycles. The zero-order chi connectivity index (χ0) is 8.55. The van der Waals surface area contributed by atoms with Crippen LogP contribution in [0.25, 0.3) is 0 Å². The van der Waals surface area contributed by atoms with Gasteiger partial charge in [-0.15, -0.1) is 0 Å². The Morgan fingerprint density at radius 2 is 2.25 bits per heavy atom. The molecule has 0 fully saturated rings. The van der Waals surface area contributed by atoms with Crippen molar-refractivity contribution in [1.29, 1.82) is 0 Å². The number of hydrogen-bond acceptors (Lipinski definition) is 3. The maximum atomic E-state index is 4.46. The van der Waals surface area contributed by atoms with E-state index in [0.717, 1.165) is 30.9 Å². The quantitative estimate of drug-likeness (QED) is 0.565. The van der Waals surface area contributed by atoms with Gasteiger partial charge in [0.05, 0.1) is 17.1 Å². The zero-order valence-corrected chi connectivity index (χ0v) is 7.54. The minimum Gasteiger partial charge on any atom is -0.300 e. The Balaban J connectivity index is 2.37. The van der Waals surface area contributed by atoms with Gasteiger partial charge in [-0.3, -0.25) is 9.97 Å². The first-order chi connectivity index (χ1) is 5.75. The number of aryl methyl sites for hydroxylation is 1. The second kappa shape index (κ2) is 2.83. The molecular weight excluding hydrogens is 150 g/mol. The van der Waals surface area contributed by atoms with Gasteiger partial charge >= 0.3 is 0 Å². The van der Waals surface area contributed by atoms with Gasteiger partial charge in [-0.05, 0) is 14.0 Å². The number of nitrogens with zero attached hydrogens (tertiary/aromatic N) is 3. The molecule has 12 heavy (non-hydrogen) atoms. The maximum absolute atomic E-state index is 4.46. The van der Waals surface area contributed by atoms with E-state index in [-0.39, 0.29) is 0 Å². The summed E-state index contributed by atoms with van der Waals surface area (Å²) < 4.78 is 0. The van der Waals surface area contributed by atoms with E-state index in [4.69, 9.17) is 0 Å². The summed E-state index contributed by atoms with van der Waals surface area (Å²) in [5.74, 6) is 0. The highest BCUT2D eigenvalue weighted by Crippen LogP contribution is 2.12. The van der Waals surface area contributed by atoms with E-state index >= 15 is 0 Å². The minimum absolute atomic E-state index is 0.947. The molecule has 2 heterocycles. The molecule has 0 aromatic carbocycles. The lowest BCUT2D eigenvalue weighted by molar-refractivity contribution is 0.304. The van der Waals surface area contributed by atoms with E-state index in [9.17, 15) is 0 Å². The molecule has 2 rings (SSSR count). The highest BCUT2D eigenvalue weighted by molar-refractivity contribution is 5.16. The molecule has 1 aromatic rings. The van der Waals surface area contributed by atoms with Gasteiger partial charge in [-0.2, -0.15) is 0 Å². The summed E-state index contributed by atoms with van der Waals surface area (Å²) in [6.45, 7) is 4.04. The Labute approximate surface area is 72.4 Å². The van der Waals surface area contributed by atoms with E-state index in [1.807, 2.05) is 13.1 Å². The van der Waals surface area contributed by atoms with Gasteiger partial charge in [0.2, 0.25) is 0 Å². The lowest BCUT2D eigenvalue weighted by Crippen LogP contribution is -2.28. The Kier molecular flexibility index (Phi) is 1.81. The summed E-state index contributed by atoms with van der Waals surface area (Å²) in [5, 5.41) is 0. The van der Waals surface area contributed by atoms with Gasteiger partial charge in [0.15, 0.2) is 0 Å². The normalized spacial score (nSPS) is 17.5. The lowest BCUT2D eigenvalue weighted by Gasteiger charge is -2.22. The third-order valence-corrected chi connectivity index (χ3v) is 2.20. The van der Waals surface area contributed by atoms with Crippen molar-refractivity contribution in [3.8, 4) is 0 Å². The van der Waals surface area contributed by atoms with Gasteiger partial charge in [-0.1, -0.05) is 0 Å². The van der Waals surface area contributed by atoms with Crippen molar-refractivity contribution in [3.05, 3.63) is 23.3 Å². The van der Waals surface area contributed by atoms with Gasteiger partial charge in [0, 0.05) is 25.7 Å². The predicted octanol–water partition coefficient (Wildman–Crippen LogP) is 0.773. The second-order valence-electron chi connectivity index (χ2n) is 3.39. The Bertz CT molecular complexity index is 296. The SMILES string of the molecule is Cc1cnc2c(n1)CCN(C)C2. The lowest BCUT2D eigenvalue weighted by atomic mass is 10.1. The third-order valence-electron chi connectivity index (χ3n) is 2.20. The number of likely N-dealkylation sites (N-methyl/N-ethyl adjacent to an activating group) is 1. The zero-order valence-electron chi connectivity index (χ0n) is 7.54. The largest absolute Gasteiger partial charge is 0.300 e. The number of fused-ring (bicyclic) bond motifs is 1. The fourth-order valence-electron chi connectivity index (χ4n) is 1.52. The van der Waals surface area contributed by atoms with Crippen molar-refractivity contribution in [2.75, 3.05) is 13.6 Å². The van der Waals surface area contributed by atoms with Crippen LogP contribution in [-0.2, 0) is 13.0 Å². The first-order valence-corrected chi connectivity index (χ1v) is 4.25. The number of hydrogen-bond donors (Lipinski definition) is 0. The molecule has 0 radical (unpaired) electrons. The van der Waals surface area contributed by atoms with E-state index in [0.29, 0.717) is 0 Å². The molecule has 0 atom stereocenters. The molecule has 0 spiro atoms. The maximum Gasteiger partial charge on any atom is 0.0759 e. The van der Waals surface area contributed by atoms with Crippen LogP contribution in [0, 0.1) is 6.92 Å². The van der Waals surface area contributed by atoms with Gasteiger partial charge < -0.3 is 4.90 Å². The van der Waals surface area contributed by atoms with Crippen LogP contribution in [0.2, 0.25) is 0 Å². The van der Waals surface area contributed by atoms with E-state index in [1.54, 1.807) is 0 Å². The standard InChI is InChI=1S/C9H13N3/c1-7-5-10-9-6-12(2)4-3-8(9)11-7/h5H,3-4,6H2,1-2H3. The van der Waals surface area contributed by atoms with E-state index < -0.39 is 0 Å². The Hall–Kier alpha value is -0.960. The fraction of sp³-hybridized carbons (Fsp3) is 0.556. The molecule has 0 saturated heterocycles. The van der Waals surface area contributed by atoms with Crippen molar-refractivity contribution in [2.45, 2.75) is 19.9 Å². The van der Waals surface area contributed by atoms with E-state index in [1.165, 1.54) is 5.69 Å². The molecule has 3 nitrogen and oxygen atoms in total. The smallest absolute Gasteiger partial charge is 0.0759 e. The summed E-state index contributed by atoms with van der Waals surface area (Å²) in [4.78, 5) is 11.1. The number of aromatic nitrogens is 2. The summed E-state index contributed by atoms with van der Waals surface area (Å²) >= 11 is 0. The summed E-state index contributed by atoms with van der Waals surface area (Å²) in [6.07, 6.45) is 2.89. The van der Waals surface area contributed by atoms with Gasteiger partial charge in [0.1, 0.15) is 0 Å². The van der Waals surface area contributed by atoms with Crippen LogP contribution in [0.1, 0.15) is 17.1 Å². The van der Waals surface area contributed by atoms with Crippen LogP contribution in [0.4, 0.5) is 0 Å². The molecular formula is C9H13N3. The van der Waals surface area contributed by atoms with Crippen LogP contribution in [0.15, 0.2) is 6.20 Å². The summed E-state index contributed by atoms with van der Waals surface area (Å²) in [5.41, 5.74) is 3.36. The Morgan fingerprint density at radius 1 is 1.42 bits per heavy atom. The highest BCUT2D eigenvalue weighted by Gasteiger charge is 2.14. The molecule has 0 unspecified atom stereocenters. The van der Waals surface area contributed by atoms with Crippen molar-refractivity contribution in [1.82, 2.24) is 14.9 Å². The van der Waals surface area contributed by atoms with E-state index in [2.05, 4.69) is 21.9 Å². The molecule has 1 aliphatic rings. The highest BCUT2D eigenvalue weighted by atomic mass is 15.1. The molecule has 1 aliphatic heterocycles. The van der Waals surface area contributed by atoms with Crippen LogP contribution in [0.3, 0.4) is 0 Å². The van der Waals surface area contributed by atoms with Gasteiger partial charge in [0.25, 0.3) is 0 Å². The molecule has 3 heteroatoms. The van der Waals surface area contributed by atoms with Crippen molar-refractivity contribution in [2.24, 2.45) is 0 Å².